The molecular formula is C15H19ClN2S. The maximum atomic E-state index is 6.06. The number of rotatable bonds is 6. The number of thiocarbonyl (C=S) groups is 1. The second kappa shape index (κ2) is 5.29. The molecule has 0 saturated heterocycles. The Labute approximate surface area is 124 Å². The summed E-state index contributed by atoms with van der Waals surface area (Å²) in [5.74, 6) is 2.69. The summed E-state index contributed by atoms with van der Waals surface area (Å²) in [6.45, 7) is 1.02. The molecule has 0 aliphatic heterocycles. The van der Waals surface area contributed by atoms with Crippen molar-refractivity contribution >= 4 is 34.5 Å². The van der Waals surface area contributed by atoms with E-state index < -0.39 is 0 Å². The molecule has 0 atom stereocenters. The monoisotopic (exact) mass is 294 g/mol. The van der Waals surface area contributed by atoms with Crippen molar-refractivity contribution in [2.75, 3.05) is 11.9 Å². The van der Waals surface area contributed by atoms with Gasteiger partial charge >= 0.3 is 0 Å². The van der Waals surface area contributed by atoms with Gasteiger partial charge in [-0.05, 0) is 61.6 Å². The number of benzene rings is 1. The Bertz CT molecular complexity index is 483. The number of hydrogen-bond donors (Lipinski definition) is 2. The van der Waals surface area contributed by atoms with Gasteiger partial charge in [0.05, 0.1) is 0 Å². The Kier molecular flexibility index (Phi) is 3.68. The summed E-state index contributed by atoms with van der Waals surface area (Å²) in [7, 11) is 0. The van der Waals surface area contributed by atoms with Gasteiger partial charge in [0.2, 0.25) is 0 Å². The van der Waals surface area contributed by atoms with Gasteiger partial charge in [-0.3, -0.25) is 0 Å². The van der Waals surface area contributed by atoms with Crippen molar-refractivity contribution in [2.24, 2.45) is 23.5 Å². The fraction of sp³-hybridized carbons (Fsp3) is 0.533. The molecule has 0 amide bonds. The van der Waals surface area contributed by atoms with Crippen molar-refractivity contribution in [3.63, 3.8) is 0 Å². The van der Waals surface area contributed by atoms with Gasteiger partial charge in [-0.25, -0.2) is 0 Å². The van der Waals surface area contributed by atoms with E-state index in [-0.39, 0.29) is 0 Å². The molecule has 0 aromatic heterocycles. The van der Waals surface area contributed by atoms with Crippen LogP contribution in [0.15, 0.2) is 18.2 Å². The van der Waals surface area contributed by atoms with Crippen molar-refractivity contribution in [3.05, 3.63) is 28.8 Å². The zero-order valence-corrected chi connectivity index (χ0v) is 12.4. The Morgan fingerprint density at radius 2 is 1.95 bits per heavy atom. The molecule has 1 aromatic carbocycles. The van der Waals surface area contributed by atoms with E-state index in [2.05, 4.69) is 5.32 Å². The van der Waals surface area contributed by atoms with Crippen molar-refractivity contribution in [1.29, 1.82) is 0 Å². The minimum atomic E-state index is 0.425. The van der Waals surface area contributed by atoms with Crippen molar-refractivity contribution < 1.29 is 0 Å². The summed E-state index contributed by atoms with van der Waals surface area (Å²) >= 11 is 11.2. The van der Waals surface area contributed by atoms with Crippen LogP contribution in [0.2, 0.25) is 5.02 Å². The van der Waals surface area contributed by atoms with Crippen molar-refractivity contribution in [1.82, 2.24) is 0 Å². The van der Waals surface area contributed by atoms with E-state index >= 15 is 0 Å². The van der Waals surface area contributed by atoms with Crippen molar-refractivity contribution in [2.45, 2.75) is 25.7 Å². The number of hydrogen-bond acceptors (Lipinski definition) is 2. The summed E-state index contributed by atoms with van der Waals surface area (Å²) in [5.41, 5.74) is 7.64. The molecule has 0 radical (unpaired) electrons. The maximum absolute atomic E-state index is 6.06. The molecule has 0 unspecified atom stereocenters. The zero-order valence-electron chi connectivity index (χ0n) is 10.9. The van der Waals surface area contributed by atoms with Gasteiger partial charge in [-0.1, -0.05) is 23.8 Å². The molecule has 3 rings (SSSR count). The average Bonchev–Trinajstić information content (AvgIpc) is 3.24. The average molecular weight is 295 g/mol. The molecule has 3 N–H and O–H groups in total. The first-order valence-electron chi connectivity index (χ1n) is 6.98. The normalized spacial score (nSPS) is 18.6. The Hall–Kier alpha value is -0.800. The second-order valence-electron chi connectivity index (χ2n) is 5.77. The molecule has 2 aliphatic carbocycles. The smallest absolute Gasteiger partial charge is 0.106 e. The number of nitrogens with one attached hydrogen (secondary N) is 1. The largest absolute Gasteiger partial charge is 0.389 e. The summed E-state index contributed by atoms with van der Waals surface area (Å²) in [5, 5.41) is 4.25. The first-order valence-corrected chi connectivity index (χ1v) is 7.77. The lowest BCUT2D eigenvalue weighted by molar-refractivity contribution is 0.428. The van der Waals surface area contributed by atoms with Gasteiger partial charge < -0.3 is 11.1 Å². The molecule has 2 aliphatic rings. The topological polar surface area (TPSA) is 38.0 Å². The third-order valence-electron chi connectivity index (χ3n) is 4.23. The van der Waals surface area contributed by atoms with Crippen LogP contribution in [0.1, 0.15) is 31.2 Å². The molecule has 4 heteroatoms. The fourth-order valence-corrected chi connectivity index (χ4v) is 3.22. The summed E-state index contributed by atoms with van der Waals surface area (Å²) in [6, 6.07) is 5.66. The standard InChI is InChI=1S/C15H19ClN2S/c16-11-5-6-12(15(17)19)14(7-11)18-8-13(9-1-2-9)10-3-4-10/h5-7,9-10,13,18H,1-4,8H2,(H2,17,19). The van der Waals surface area contributed by atoms with Gasteiger partial charge in [0, 0.05) is 22.8 Å². The third kappa shape index (κ3) is 3.21. The molecule has 19 heavy (non-hydrogen) atoms. The van der Waals surface area contributed by atoms with Crippen LogP contribution < -0.4 is 11.1 Å². The van der Waals surface area contributed by atoms with E-state index in [0.29, 0.717) is 4.99 Å². The number of halogens is 1. The van der Waals surface area contributed by atoms with E-state index in [1.807, 2.05) is 18.2 Å². The first-order chi connectivity index (χ1) is 9.15. The predicted molar refractivity (Wildman–Crippen MR) is 84.8 cm³/mol. The van der Waals surface area contributed by atoms with E-state index in [9.17, 15) is 0 Å². The van der Waals surface area contributed by atoms with Crippen LogP contribution >= 0.6 is 23.8 Å². The molecule has 0 spiro atoms. The number of anilines is 1. The van der Waals surface area contributed by atoms with E-state index in [1.54, 1.807) is 0 Å². The molecule has 0 bridgehead atoms. The highest BCUT2D eigenvalue weighted by Gasteiger charge is 2.41. The molecule has 2 saturated carbocycles. The molecule has 1 aromatic rings. The van der Waals surface area contributed by atoms with Crippen molar-refractivity contribution in [3.8, 4) is 0 Å². The highest BCUT2D eigenvalue weighted by Crippen LogP contribution is 2.49. The second-order valence-corrected chi connectivity index (χ2v) is 6.65. The van der Waals surface area contributed by atoms with Crippen LogP contribution in [-0.2, 0) is 0 Å². The van der Waals surface area contributed by atoms with E-state index in [4.69, 9.17) is 29.6 Å². The lowest BCUT2D eigenvalue weighted by atomic mass is 9.97. The van der Waals surface area contributed by atoms with Gasteiger partial charge in [0.1, 0.15) is 4.99 Å². The highest BCUT2D eigenvalue weighted by atomic mass is 35.5. The van der Waals surface area contributed by atoms with Crippen LogP contribution in [0, 0.1) is 17.8 Å². The fourth-order valence-electron chi connectivity index (χ4n) is 2.87. The molecule has 2 nitrogen and oxygen atoms in total. The highest BCUT2D eigenvalue weighted by molar-refractivity contribution is 7.80. The summed E-state index contributed by atoms with van der Waals surface area (Å²) < 4.78 is 0. The van der Waals surface area contributed by atoms with Gasteiger partial charge in [-0.2, -0.15) is 0 Å². The molecule has 102 valence electrons. The molecular weight excluding hydrogens is 276 g/mol. The minimum absolute atomic E-state index is 0.425. The quantitative estimate of drug-likeness (QED) is 0.783. The van der Waals surface area contributed by atoms with Crippen LogP contribution in [0.25, 0.3) is 0 Å². The lowest BCUT2D eigenvalue weighted by Gasteiger charge is -2.19. The lowest BCUT2D eigenvalue weighted by Crippen LogP contribution is -2.20. The minimum Gasteiger partial charge on any atom is -0.389 e. The Balaban J connectivity index is 1.71. The van der Waals surface area contributed by atoms with Gasteiger partial charge in [0.15, 0.2) is 0 Å². The first kappa shape index (κ1) is 13.2. The third-order valence-corrected chi connectivity index (χ3v) is 4.69. The summed E-state index contributed by atoms with van der Waals surface area (Å²) in [6.07, 6.45) is 5.61. The Morgan fingerprint density at radius 1 is 1.32 bits per heavy atom. The van der Waals surface area contributed by atoms with Crippen LogP contribution in [-0.4, -0.2) is 11.5 Å². The Morgan fingerprint density at radius 3 is 2.47 bits per heavy atom. The predicted octanol–water partition coefficient (Wildman–Crippen LogP) is 3.82. The van der Waals surface area contributed by atoms with Gasteiger partial charge in [-0.15, -0.1) is 0 Å². The van der Waals surface area contributed by atoms with Crippen LogP contribution in [0.4, 0.5) is 5.69 Å². The van der Waals surface area contributed by atoms with Gasteiger partial charge in [0.25, 0.3) is 0 Å². The summed E-state index contributed by atoms with van der Waals surface area (Å²) in [4.78, 5) is 0.425. The molecule has 2 fully saturated rings. The van der Waals surface area contributed by atoms with E-state index in [1.165, 1.54) is 25.7 Å². The molecule has 0 heterocycles. The van der Waals surface area contributed by atoms with Crippen LogP contribution in [0.3, 0.4) is 0 Å². The van der Waals surface area contributed by atoms with E-state index in [0.717, 1.165) is 40.6 Å². The SMILES string of the molecule is NC(=S)c1ccc(Cl)cc1NCC(C1CC1)C1CC1. The van der Waals surface area contributed by atoms with Crippen LogP contribution in [0.5, 0.6) is 0 Å². The maximum Gasteiger partial charge on any atom is 0.106 e. The number of nitrogens with two attached hydrogens (primary N) is 1. The zero-order chi connectivity index (χ0) is 13.4.